The first-order chi connectivity index (χ1) is 12.4. The van der Waals surface area contributed by atoms with Gasteiger partial charge in [0, 0.05) is 25.4 Å². The zero-order chi connectivity index (χ0) is 16.9. The van der Waals surface area contributed by atoms with Gasteiger partial charge in [-0.1, -0.05) is 42.1 Å². The Hall–Kier alpha value is -2.09. The van der Waals surface area contributed by atoms with Gasteiger partial charge in [0.15, 0.2) is 5.76 Å². The van der Waals surface area contributed by atoms with E-state index in [-0.39, 0.29) is 6.10 Å². The second kappa shape index (κ2) is 7.86. The van der Waals surface area contributed by atoms with Crippen LogP contribution in [0.5, 0.6) is 0 Å². The monoisotopic (exact) mass is 357 g/mol. The molecule has 0 N–H and O–H groups in total. The summed E-state index contributed by atoms with van der Waals surface area (Å²) < 4.78 is 16.8. The van der Waals surface area contributed by atoms with Crippen LogP contribution in [0, 0.1) is 0 Å². The number of hydrogen-bond donors (Lipinski definition) is 0. The molecule has 25 heavy (non-hydrogen) atoms. The van der Waals surface area contributed by atoms with Gasteiger partial charge in [-0.2, -0.15) is 0 Å². The van der Waals surface area contributed by atoms with Gasteiger partial charge in [-0.05, 0) is 17.7 Å². The maximum atomic E-state index is 5.88. The van der Waals surface area contributed by atoms with Gasteiger partial charge >= 0.3 is 0 Å². The quantitative estimate of drug-likeness (QED) is 0.627. The largest absolute Gasteiger partial charge is 0.459 e. The van der Waals surface area contributed by atoms with Crippen molar-refractivity contribution >= 4 is 11.8 Å². The standard InChI is InChI=1S/C18H19N3O3S/c1-2-5-14(6-3-1)11-21-8-10-22-15(12-21)13-25-18-20-19-17(24-18)16-7-4-9-23-16/h1-7,9,15H,8,10-13H2/t15-/m0/s1. The molecule has 3 heterocycles. The smallest absolute Gasteiger partial charge is 0.284 e. The summed E-state index contributed by atoms with van der Waals surface area (Å²) in [6.07, 6.45) is 1.74. The lowest BCUT2D eigenvalue weighted by molar-refractivity contribution is -0.0187. The molecule has 1 aromatic carbocycles. The molecule has 1 aliphatic heterocycles. The average molecular weight is 357 g/mol. The fraction of sp³-hybridized carbons (Fsp3) is 0.333. The minimum Gasteiger partial charge on any atom is -0.459 e. The summed E-state index contributed by atoms with van der Waals surface area (Å²) in [5, 5.41) is 8.61. The summed E-state index contributed by atoms with van der Waals surface area (Å²) in [6, 6.07) is 14.1. The topological polar surface area (TPSA) is 64.5 Å². The van der Waals surface area contributed by atoms with Crippen molar-refractivity contribution in [3.8, 4) is 11.7 Å². The van der Waals surface area contributed by atoms with Gasteiger partial charge < -0.3 is 13.6 Å². The van der Waals surface area contributed by atoms with Crippen molar-refractivity contribution in [3.05, 3.63) is 54.3 Å². The minimum atomic E-state index is 0.154. The Balaban J connectivity index is 1.29. The Morgan fingerprint density at radius 3 is 2.88 bits per heavy atom. The molecule has 0 radical (unpaired) electrons. The summed E-state index contributed by atoms with van der Waals surface area (Å²) in [7, 11) is 0. The summed E-state index contributed by atoms with van der Waals surface area (Å²) in [6.45, 7) is 3.56. The van der Waals surface area contributed by atoms with Gasteiger partial charge in [0.05, 0.1) is 19.0 Å². The highest BCUT2D eigenvalue weighted by Gasteiger charge is 2.22. The third-order valence-electron chi connectivity index (χ3n) is 4.00. The predicted octanol–water partition coefficient (Wildman–Crippen LogP) is 3.32. The van der Waals surface area contributed by atoms with Crippen LogP contribution in [0.2, 0.25) is 0 Å². The lowest BCUT2D eigenvalue weighted by Crippen LogP contribution is -2.43. The molecule has 0 aliphatic carbocycles. The van der Waals surface area contributed by atoms with Crippen molar-refractivity contribution in [3.63, 3.8) is 0 Å². The molecule has 0 bridgehead atoms. The molecule has 6 nitrogen and oxygen atoms in total. The van der Waals surface area contributed by atoms with E-state index in [9.17, 15) is 0 Å². The zero-order valence-corrected chi connectivity index (χ0v) is 14.5. The van der Waals surface area contributed by atoms with Crippen molar-refractivity contribution in [1.82, 2.24) is 15.1 Å². The molecule has 0 amide bonds. The van der Waals surface area contributed by atoms with Gasteiger partial charge in [-0.3, -0.25) is 4.90 Å². The second-order valence-corrected chi connectivity index (χ2v) is 6.85. The van der Waals surface area contributed by atoms with Crippen LogP contribution in [0.1, 0.15) is 5.56 Å². The van der Waals surface area contributed by atoms with Crippen molar-refractivity contribution in [2.75, 3.05) is 25.4 Å². The lowest BCUT2D eigenvalue weighted by Gasteiger charge is -2.32. The molecule has 1 aliphatic rings. The maximum Gasteiger partial charge on any atom is 0.284 e. The molecule has 0 spiro atoms. The lowest BCUT2D eigenvalue weighted by atomic mass is 10.2. The Bertz CT molecular complexity index is 776. The van der Waals surface area contributed by atoms with Crippen molar-refractivity contribution in [2.24, 2.45) is 0 Å². The number of nitrogens with zero attached hydrogens (tertiary/aromatic N) is 3. The third kappa shape index (κ3) is 4.31. The average Bonchev–Trinajstić information content (AvgIpc) is 3.33. The maximum absolute atomic E-state index is 5.88. The van der Waals surface area contributed by atoms with E-state index in [0.717, 1.165) is 32.0 Å². The van der Waals surface area contributed by atoms with Gasteiger partial charge in [-0.15, -0.1) is 10.2 Å². The van der Waals surface area contributed by atoms with Crippen LogP contribution >= 0.6 is 11.8 Å². The number of rotatable bonds is 6. The highest BCUT2D eigenvalue weighted by Crippen LogP contribution is 2.25. The molecular formula is C18H19N3O3S. The van der Waals surface area contributed by atoms with Crippen LogP contribution in [-0.2, 0) is 11.3 Å². The summed E-state index contributed by atoms with van der Waals surface area (Å²) in [5.41, 5.74) is 1.33. The number of benzene rings is 1. The normalized spacial score (nSPS) is 18.5. The SMILES string of the molecule is c1ccc(CN2CCO[C@H](CSc3nnc(-c4ccco4)o3)C2)cc1. The molecule has 2 aromatic heterocycles. The number of hydrogen-bond acceptors (Lipinski definition) is 7. The van der Waals surface area contributed by atoms with Crippen molar-refractivity contribution < 1.29 is 13.6 Å². The van der Waals surface area contributed by atoms with Crippen LogP contribution in [0.4, 0.5) is 0 Å². The van der Waals surface area contributed by atoms with Crippen LogP contribution in [-0.4, -0.2) is 46.7 Å². The number of furan rings is 1. The van der Waals surface area contributed by atoms with Crippen LogP contribution in [0.25, 0.3) is 11.7 Å². The summed E-state index contributed by atoms with van der Waals surface area (Å²) in [4.78, 5) is 2.42. The first kappa shape index (κ1) is 16.4. The summed E-state index contributed by atoms with van der Waals surface area (Å²) in [5.74, 6) is 1.77. The minimum absolute atomic E-state index is 0.154. The highest BCUT2D eigenvalue weighted by molar-refractivity contribution is 7.99. The van der Waals surface area contributed by atoms with E-state index < -0.39 is 0 Å². The number of morpholine rings is 1. The van der Waals surface area contributed by atoms with Gasteiger partial charge in [0.25, 0.3) is 11.1 Å². The predicted molar refractivity (Wildman–Crippen MR) is 94.2 cm³/mol. The molecular weight excluding hydrogens is 338 g/mol. The van der Waals surface area contributed by atoms with Crippen molar-refractivity contribution in [2.45, 2.75) is 17.9 Å². The van der Waals surface area contributed by atoms with E-state index in [1.807, 2.05) is 6.07 Å². The number of aromatic nitrogens is 2. The number of thioether (sulfide) groups is 1. The Kier molecular flexibility index (Phi) is 5.15. The molecule has 3 aromatic rings. The first-order valence-corrected chi connectivity index (χ1v) is 9.23. The molecule has 0 unspecified atom stereocenters. The fourth-order valence-corrected chi connectivity index (χ4v) is 3.57. The van der Waals surface area contributed by atoms with Gasteiger partial charge in [0.2, 0.25) is 0 Å². The van der Waals surface area contributed by atoms with Gasteiger partial charge in [-0.25, -0.2) is 0 Å². The fourth-order valence-electron chi connectivity index (χ4n) is 2.80. The van der Waals surface area contributed by atoms with Gasteiger partial charge in [0.1, 0.15) is 0 Å². The highest BCUT2D eigenvalue weighted by atomic mass is 32.2. The molecule has 1 fully saturated rings. The zero-order valence-electron chi connectivity index (χ0n) is 13.7. The second-order valence-electron chi connectivity index (χ2n) is 5.87. The van der Waals surface area contributed by atoms with E-state index in [1.165, 1.54) is 17.3 Å². The molecule has 1 atom stereocenters. The Morgan fingerprint density at radius 1 is 1.12 bits per heavy atom. The third-order valence-corrected chi connectivity index (χ3v) is 4.95. The van der Waals surface area contributed by atoms with E-state index >= 15 is 0 Å². The van der Waals surface area contributed by atoms with Crippen molar-refractivity contribution in [1.29, 1.82) is 0 Å². The molecule has 1 saturated heterocycles. The first-order valence-electron chi connectivity index (χ1n) is 8.25. The summed E-state index contributed by atoms with van der Waals surface area (Å²) >= 11 is 1.52. The van der Waals surface area contributed by atoms with E-state index in [4.69, 9.17) is 13.6 Å². The molecule has 4 rings (SSSR count). The molecule has 7 heteroatoms. The van der Waals surface area contributed by atoms with E-state index in [0.29, 0.717) is 16.9 Å². The van der Waals surface area contributed by atoms with Crippen LogP contribution in [0.15, 0.2) is 62.8 Å². The van der Waals surface area contributed by atoms with E-state index in [1.54, 1.807) is 18.4 Å². The number of ether oxygens (including phenoxy) is 1. The van der Waals surface area contributed by atoms with Crippen LogP contribution < -0.4 is 0 Å². The molecule has 0 saturated carbocycles. The van der Waals surface area contributed by atoms with Crippen LogP contribution in [0.3, 0.4) is 0 Å². The molecule has 130 valence electrons. The Morgan fingerprint density at radius 2 is 2.04 bits per heavy atom. The Labute approximate surface area is 150 Å². The van der Waals surface area contributed by atoms with E-state index in [2.05, 4.69) is 39.4 Å².